The van der Waals surface area contributed by atoms with Crippen LogP contribution in [-0.4, -0.2) is 44.0 Å². The molecule has 0 bridgehead atoms. The van der Waals surface area contributed by atoms with Crippen LogP contribution in [0.5, 0.6) is 5.75 Å². The third-order valence-corrected chi connectivity index (χ3v) is 2.20. The molecule has 19 heavy (non-hydrogen) atoms. The normalized spacial score (nSPS) is 24.7. The molecule has 108 valence electrons. The minimum absolute atomic E-state index is 0.00708. The number of aliphatic hydroxyl groups is 1. The molecular weight excluding hydrogens is 242 g/mol. The molecule has 2 unspecified atom stereocenters. The molecule has 0 spiro atoms. The molecule has 0 saturated carbocycles. The van der Waals surface area contributed by atoms with E-state index in [2.05, 4.69) is 10.1 Å². The number of aryl methyl sites for hydroxylation is 1. The van der Waals surface area contributed by atoms with E-state index in [0.717, 1.165) is 0 Å². The topological polar surface area (TPSA) is 50.7 Å². The zero-order valence-electron chi connectivity index (χ0n) is 20.6. The summed E-state index contributed by atoms with van der Waals surface area (Å²) < 4.78 is 83.4. The summed E-state index contributed by atoms with van der Waals surface area (Å²) in [6.07, 6.45) is -3.75. The second-order valence-electron chi connectivity index (χ2n) is 3.95. The summed E-state index contributed by atoms with van der Waals surface area (Å²) in [6, 6.07) is 4.31. The van der Waals surface area contributed by atoms with Gasteiger partial charge in [0.05, 0.1) is 13.4 Å². The van der Waals surface area contributed by atoms with Crippen molar-refractivity contribution < 1.29 is 28.3 Å². The molecule has 0 radical (unpaired) electrons. The van der Waals surface area contributed by atoms with Gasteiger partial charge in [0.1, 0.15) is 18.5 Å². The van der Waals surface area contributed by atoms with E-state index in [0.29, 0.717) is 0 Å². The number of methoxy groups -OCH3 is 1. The zero-order valence-corrected chi connectivity index (χ0v) is 10.6. The maximum absolute atomic E-state index is 9.87. The Morgan fingerprint density at radius 2 is 2.21 bits per heavy atom. The average molecular weight is 277 g/mol. The molecule has 0 aliphatic heterocycles. The fourth-order valence-electron chi connectivity index (χ4n) is 1.28. The van der Waals surface area contributed by atoms with Gasteiger partial charge in [0.25, 0.3) is 0 Å². The average Bonchev–Trinajstić information content (AvgIpc) is 2.55. The minimum Gasteiger partial charge on any atom is -0.491 e. The summed E-state index contributed by atoms with van der Waals surface area (Å²) in [5.74, 6) is 0.254. The second-order valence-corrected chi connectivity index (χ2v) is 3.95. The Balaban J connectivity index is 2.67. The molecule has 0 saturated heterocycles. The van der Waals surface area contributed by atoms with Gasteiger partial charge in [-0.3, -0.25) is 0 Å². The highest BCUT2D eigenvalue weighted by Gasteiger charge is 2.05. The van der Waals surface area contributed by atoms with E-state index >= 15 is 0 Å². The molecule has 4 nitrogen and oxygen atoms in total. The quantitative estimate of drug-likeness (QED) is 0.720. The highest BCUT2D eigenvalue weighted by atomic mass is 16.5. The predicted octanol–water partition coefficient (Wildman–Crippen LogP) is 1.61. The number of benzene rings is 1. The van der Waals surface area contributed by atoms with Gasteiger partial charge < -0.3 is 19.9 Å². The molecule has 1 aromatic rings. The molecule has 2 N–H and O–H groups in total. The van der Waals surface area contributed by atoms with Crippen LogP contribution >= 0.6 is 0 Å². The van der Waals surface area contributed by atoms with E-state index in [-0.39, 0.29) is 24.5 Å². The van der Waals surface area contributed by atoms with Crippen LogP contribution in [0.15, 0.2) is 24.3 Å². The van der Waals surface area contributed by atoms with E-state index in [4.69, 9.17) is 18.4 Å². The van der Waals surface area contributed by atoms with Crippen LogP contribution < -0.4 is 10.1 Å². The third kappa shape index (κ3) is 7.15. The molecule has 0 heterocycles. The molecule has 0 aliphatic carbocycles. The molecule has 0 amide bonds. The van der Waals surface area contributed by atoms with Crippen molar-refractivity contribution in [2.75, 3.05) is 26.7 Å². The van der Waals surface area contributed by atoms with Crippen molar-refractivity contribution >= 4 is 0 Å². The Morgan fingerprint density at radius 1 is 1.42 bits per heavy atom. The molecule has 0 fully saturated rings. The lowest BCUT2D eigenvalue weighted by Gasteiger charge is -2.15. The summed E-state index contributed by atoms with van der Waals surface area (Å²) in [7, 11) is -3.11. The first-order valence-electron chi connectivity index (χ1n) is 10.8. The van der Waals surface area contributed by atoms with Gasteiger partial charge in [0.2, 0.25) is 0 Å². The first kappa shape index (κ1) is 6.57. The van der Waals surface area contributed by atoms with E-state index < -0.39 is 39.0 Å². The lowest BCUT2D eigenvalue weighted by Crippen LogP contribution is -2.35. The van der Waals surface area contributed by atoms with Gasteiger partial charge in [-0.1, -0.05) is 25.9 Å². The number of ether oxygens (including phenoxy) is 2. The summed E-state index contributed by atoms with van der Waals surface area (Å²) in [5.41, 5.74) is -0.159. The maximum atomic E-state index is 9.87. The van der Waals surface area contributed by atoms with Crippen LogP contribution in [-0.2, 0) is 11.1 Å². The monoisotopic (exact) mass is 277 g/mol. The fourth-order valence-corrected chi connectivity index (χ4v) is 1.28. The van der Waals surface area contributed by atoms with Gasteiger partial charge in [-0.05, 0) is 24.1 Å². The molecule has 4 heteroatoms. The fraction of sp³-hybridized carbons (Fsp3) is 0.600. The van der Waals surface area contributed by atoms with Crippen molar-refractivity contribution in [3.05, 3.63) is 29.8 Å². The smallest absolute Gasteiger partial charge is 0.119 e. The Labute approximate surface area is 129 Å². The van der Waals surface area contributed by atoms with Crippen molar-refractivity contribution in [3.8, 4) is 5.75 Å². The van der Waals surface area contributed by atoms with Gasteiger partial charge in [-0.25, -0.2) is 0 Å². The molecule has 0 aromatic heterocycles. The number of hydrogen-bond donors (Lipinski definition) is 2. The van der Waals surface area contributed by atoms with Crippen molar-refractivity contribution in [2.45, 2.75) is 32.3 Å². The summed E-state index contributed by atoms with van der Waals surface area (Å²) in [4.78, 5) is 0. The Hall–Kier alpha value is -1.10. The number of rotatable bonds is 9. The Bertz CT molecular complexity index is 645. The second kappa shape index (κ2) is 8.91. The van der Waals surface area contributed by atoms with Gasteiger partial charge in [0, 0.05) is 26.5 Å². The summed E-state index contributed by atoms with van der Waals surface area (Å²) in [5, 5.41) is 12.6. The number of nitrogens with one attached hydrogen (secondary N) is 1. The lowest BCUT2D eigenvalue weighted by molar-refractivity contribution is 0.104. The van der Waals surface area contributed by atoms with E-state index in [1.165, 1.54) is 31.2 Å². The van der Waals surface area contributed by atoms with Crippen LogP contribution in [0.4, 0.5) is 0 Å². The van der Waals surface area contributed by atoms with Crippen molar-refractivity contribution in [3.63, 3.8) is 0 Å². The van der Waals surface area contributed by atoms with Crippen molar-refractivity contribution in [1.29, 1.82) is 0 Å². The molecule has 2 atom stereocenters. The van der Waals surface area contributed by atoms with Crippen LogP contribution in [0.1, 0.15) is 33.0 Å². The Kier molecular flexibility index (Phi) is 3.08. The predicted molar refractivity (Wildman–Crippen MR) is 76.7 cm³/mol. The summed E-state index contributed by atoms with van der Waals surface area (Å²) >= 11 is 0. The number of hydrogen-bond acceptors (Lipinski definition) is 4. The first-order chi connectivity index (χ1) is 13.0. The van der Waals surface area contributed by atoms with E-state index in [9.17, 15) is 5.11 Å². The first-order valence-corrected chi connectivity index (χ1v) is 5.81. The molecular formula is C15H25NO3. The van der Waals surface area contributed by atoms with E-state index in [1.807, 2.05) is 0 Å². The van der Waals surface area contributed by atoms with Crippen molar-refractivity contribution in [2.24, 2.45) is 0 Å². The SMILES string of the molecule is [2H]C([2H])([2H])OC([2H])([2H])C([2H])([2H])c1ccc(OCC(O)CNC(C)C([2H])([2H])[2H])cc1. The van der Waals surface area contributed by atoms with Crippen molar-refractivity contribution in [1.82, 2.24) is 5.32 Å². The third-order valence-electron chi connectivity index (χ3n) is 2.20. The van der Waals surface area contributed by atoms with Crippen LogP contribution in [0.2, 0.25) is 0 Å². The summed E-state index contributed by atoms with van der Waals surface area (Å²) in [6.45, 7) is -3.99. The standard InChI is InChI=1S/C15H25NO3/c1-12(2)16-10-14(17)11-19-15-6-4-13(5-7-15)8-9-18-3/h4-7,12,14,16-17H,8-11H2,1-3H3/i1D3,3D3,8D2,9D2. The van der Waals surface area contributed by atoms with Crippen LogP contribution in [0.25, 0.3) is 0 Å². The van der Waals surface area contributed by atoms with E-state index in [1.54, 1.807) is 0 Å². The van der Waals surface area contributed by atoms with Gasteiger partial charge in [0.15, 0.2) is 0 Å². The van der Waals surface area contributed by atoms with Gasteiger partial charge in [-0.2, -0.15) is 0 Å². The Morgan fingerprint density at radius 3 is 2.89 bits per heavy atom. The number of aliphatic hydroxyl groups excluding tert-OH is 1. The minimum atomic E-state index is -3.11. The van der Waals surface area contributed by atoms with Crippen LogP contribution in [0, 0.1) is 0 Å². The van der Waals surface area contributed by atoms with Crippen LogP contribution in [0.3, 0.4) is 0 Å². The molecule has 0 aliphatic rings. The molecule has 1 rings (SSSR count). The zero-order chi connectivity index (χ0) is 22.7. The highest BCUT2D eigenvalue weighted by Crippen LogP contribution is 2.12. The lowest BCUT2D eigenvalue weighted by atomic mass is 10.1. The molecule has 1 aromatic carbocycles. The highest BCUT2D eigenvalue weighted by molar-refractivity contribution is 5.27. The van der Waals surface area contributed by atoms with Gasteiger partial charge in [-0.15, -0.1) is 0 Å². The largest absolute Gasteiger partial charge is 0.491 e. The maximum Gasteiger partial charge on any atom is 0.119 e. The van der Waals surface area contributed by atoms with Gasteiger partial charge >= 0.3 is 0 Å².